The van der Waals surface area contributed by atoms with Crippen LogP contribution in [-0.2, 0) is 4.79 Å². The van der Waals surface area contributed by atoms with E-state index in [0.717, 1.165) is 5.69 Å². The molecule has 0 unspecified atom stereocenters. The van der Waals surface area contributed by atoms with Crippen LogP contribution in [0.25, 0.3) is 0 Å². The summed E-state index contributed by atoms with van der Waals surface area (Å²) < 4.78 is 4.81. The summed E-state index contributed by atoms with van der Waals surface area (Å²) in [5.74, 6) is -0.511. The molecule has 4 heteroatoms. The quantitative estimate of drug-likeness (QED) is 0.399. The van der Waals surface area contributed by atoms with E-state index in [2.05, 4.69) is 0 Å². The molecule has 1 aromatic carbocycles. The highest BCUT2D eigenvalue weighted by Gasteiger charge is 2.08. The summed E-state index contributed by atoms with van der Waals surface area (Å²) in [6.07, 6.45) is 0. The van der Waals surface area contributed by atoms with Crippen molar-refractivity contribution in [2.75, 3.05) is 19.0 Å². The molecular weight excluding hydrogens is 180 g/mol. The van der Waals surface area contributed by atoms with Gasteiger partial charge in [-0.15, -0.1) is 0 Å². The van der Waals surface area contributed by atoms with Crippen molar-refractivity contribution in [2.24, 2.45) is 0 Å². The van der Waals surface area contributed by atoms with Gasteiger partial charge in [0, 0.05) is 14.1 Å². The van der Waals surface area contributed by atoms with E-state index in [1.165, 1.54) is 6.07 Å². The number of carbonyl (C=O) groups is 1. The molecule has 0 aliphatic heterocycles. The summed E-state index contributed by atoms with van der Waals surface area (Å²) in [4.78, 5) is 12.6. The second-order valence-corrected chi connectivity index (χ2v) is 2.86. The average Bonchev–Trinajstić information content (AvgIpc) is 2.18. The fraction of sp³-hybridized carbons (Fsp3) is 0.200. The van der Waals surface area contributed by atoms with Gasteiger partial charge in [0.25, 0.3) is 0 Å². The zero-order valence-corrected chi connectivity index (χ0v) is 8.02. The van der Waals surface area contributed by atoms with E-state index in [1.807, 2.05) is 20.2 Å². The molecule has 0 fully saturated rings. The van der Waals surface area contributed by atoms with Gasteiger partial charge in [0.2, 0.25) is 0 Å². The fourth-order valence-corrected chi connectivity index (χ4v) is 1.04. The second kappa shape index (κ2) is 4.28. The van der Waals surface area contributed by atoms with Crippen molar-refractivity contribution in [1.82, 2.24) is 0 Å². The molecule has 0 radical (unpaired) electrons. The number of rotatable bonds is 2. The minimum Gasteiger partial charge on any atom is -0.413 e. The van der Waals surface area contributed by atoms with Crippen molar-refractivity contribution in [3.63, 3.8) is 0 Å². The lowest BCUT2D eigenvalue weighted by Crippen LogP contribution is -2.12. The van der Waals surface area contributed by atoms with Crippen molar-refractivity contribution in [3.8, 4) is 11.8 Å². The molecule has 0 N–H and O–H groups in total. The van der Waals surface area contributed by atoms with Gasteiger partial charge in [0.1, 0.15) is 0 Å². The summed E-state index contributed by atoms with van der Waals surface area (Å²) in [6, 6.07) is 8.42. The number of carbonyl (C=O) groups excluding carboxylic acids is 1. The molecule has 0 heterocycles. The lowest BCUT2D eigenvalue weighted by molar-refractivity contribution is -0.128. The van der Waals surface area contributed by atoms with Crippen molar-refractivity contribution in [3.05, 3.63) is 24.3 Å². The number of nitrogens with zero attached hydrogens (tertiary/aromatic N) is 2. The Hall–Kier alpha value is -2.02. The average molecular weight is 190 g/mol. The van der Waals surface area contributed by atoms with Crippen LogP contribution in [0.5, 0.6) is 5.75 Å². The lowest BCUT2D eigenvalue weighted by Gasteiger charge is -2.15. The number of anilines is 1. The molecular formula is C10H10N2O2. The Morgan fingerprint density at radius 3 is 2.64 bits per heavy atom. The van der Waals surface area contributed by atoms with E-state index in [-0.39, 0.29) is 0 Å². The zero-order valence-electron chi connectivity index (χ0n) is 8.02. The molecule has 0 saturated heterocycles. The summed E-state index contributed by atoms with van der Waals surface area (Å²) in [5, 5.41) is 8.29. The van der Waals surface area contributed by atoms with E-state index in [0.29, 0.717) is 5.75 Å². The second-order valence-electron chi connectivity index (χ2n) is 2.86. The molecule has 14 heavy (non-hydrogen) atoms. The maximum Gasteiger partial charge on any atom is 0.416 e. The summed E-state index contributed by atoms with van der Waals surface area (Å²) in [6.45, 7) is 0. The molecule has 0 spiro atoms. The lowest BCUT2D eigenvalue weighted by atomic mass is 10.3. The molecule has 0 aliphatic carbocycles. The SMILES string of the molecule is CN(C)c1ccccc1OC(=O)C#N. The zero-order chi connectivity index (χ0) is 10.6. The Bertz CT molecular complexity index is 380. The minimum absolute atomic E-state index is 0.393. The number of hydrogen-bond acceptors (Lipinski definition) is 4. The molecule has 0 amide bonds. The Labute approximate surface area is 82.3 Å². The summed E-state index contributed by atoms with van der Waals surface area (Å²) >= 11 is 0. The number of esters is 1. The highest BCUT2D eigenvalue weighted by atomic mass is 16.5. The first-order valence-corrected chi connectivity index (χ1v) is 4.03. The van der Waals surface area contributed by atoms with Gasteiger partial charge in [-0.2, -0.15) is 5.26 Å². The van der Waals surface area contributed by atoms with E-state index >= 15 is 0 Å². The molecule has 0 saturated carbocycles. The molecule has 1 rings (SSSR count). The number of para-hydroxylation sites is 2. The number of ether oxygens (including phenoxy) is 1. The van der Waals surface area contributed by atoms with Gasteiger partial charge in [-0.1, -0.05) is 12.1 Å². The third-order valence-corrected chi connectivity index (χ3v) is 1.64. The fourth-order valence-electron chi connectivity index (χ4n) is 1.04. The molecule has 0 aliphatic rings. The normalized spacial score (nSPS) is 8.93. The van der Waals surface area contributed by atoms with Crippen molar-refractivity contribution in [2.45, 2.75) is 0 Å². The van der Waals surface area contributed by atoms with Crippen molar-refractivity contribution >= 4 is 11.7 Å². The molecule has 0 bridgehead atoms. The molecule has 0 atom stereocenters. The topological polar surface area (TPSA) is 53.3 Å². The van der Waals surface area contributed by atoms with Gasteiger partial charge in [-0.25, -0.2) is 4.79 Å². The van der Waals surface area contributed by atoms with Crippen LogP contribution in [0.4, 0.5) is 5.69 Å². The smallest absolute Gasteiger partial charge is 0.413 e. The maximum atomic E-state index is 10.8. The molecule has 1 aromatic rings. The predicted molar refractivity (Wildman–Crippen MR) is 52.0 cm³/mol. The van der Waals surface area contributed by atoms with Crippen LogP contribution in [0.2, 0.25) is 0 Å². The third-order valence-electron chi connectivity index (χ3n) is 1.64. The highest BCUT2D eigenvalue weighted by molar-refractivity contribution is 5.88. The minimum atomic E-state index is -0.903. The van der Waals surface area contributed by atoms with E-state index in [4.69, 9.17) is 10.00 Å². The Morgan fingerprint density at radius 2 is 2.07 bits per heavy atom. The predicted octanol–water partition coefficient (Wildman–Crippen LogP) is 1.18. The van der Waals surface area contributed by atoms with Crippen LogP contribution in [0.1, 0.15) is 0 Å². The van der Waals surface area contributed by atoms with Gasteiger partial charge in [0.15, 0.2) is 11.8 Å². The first-order valence-electron chi connectivity index (χ1n) is 4.03. The van der Waals surface area contributed by atoms with Crippen LogP contribution in [0.15, 0.2) is 24.3 Å². The molecule has 4 nitrogen and oxygen atoms in total. The van der Waals surface area contributed by atoms with E-state index < -0.39 is 5.97 Å². The largest absolute Gasteiger partial charge is 0.416 e. The number of benzene rings is 1. The van der Waals surface area contributed by atoms with Gasteiger partial charge >= 0.3 is 5.97 Å². The Kier molecular flexibility index (Phi) is 3.08. The van der Waals surface area contributed by atoms with Crippen LogP contribution >= 0.6 is 0 Å². The highest BCUT2D eigenvalue weighted by Crippen LogP contribution is 2.25. The van der Waals surface area contributed by atoms with Gasteiger partial charge < -0.3 is 9.64 Å². The first-order chi connectivity index (χ1) is 6.65. The maximum absolute atomic E-state index is 10.8. The van der Waals surface area contributed by atoms with Crippen LogP contribution in [0.3, 0.4) is 0 Å². The summed E-state index contributed by atoms with van der Waals surface area (Å²) in [5.41, 5.74) is 0.760. The summed E-state index contributed by atoms with van der Waals surface area (Å²) in [7, 11) is 3.66. The van der Waals surface area contributed by atoms with Crippen LogP contribution in [0, 0.1) is 11.3 Å². The van der Waals surface area contributed by atoms with Gasteiger partial charge in [0.05, 0.1) is 5.69 Å². The Balaban J connectivity index is 2.97. The standard InChI is InChI=1S/C10H10N2O2/c1-12(2)8-5-3-4-6-9(8)14-10(13)7-11/h3-6H,1-2H3. The monoisotopic (exact) mass is 190 g/mol. The van der Waals surface area contributed by atoms with E-state index in [9.17, 15) is 4.79 Å². The van der Waals surface area contributed by atoms with Crippen LogP contribution in [-0.4, -0.2) is 20.1 Å². The Morgan fingerprint density at radius 1 is 1.43 bits per heavy atom. The molecule has 72 valence electrons. The van der Waals surface area contributed by atoms with E-state index in [1.54, 1.807) is 23.1 Å². The van der Waals surface area contributed by atoms with Crippen LogP contribution < -0.4 is 9.64 Å². The van der Waals surface area contributed by atoms with Gasteiger partial charge in [-0.3, -0.25) is 0 Å². The van der Waals surface area contributed by atoms with Gasteiger partial charge in [-0.05, 0) is 12.1 Å². The van der Waals surface area contributed by atoms with Crippen molar-refractivity contribution < 1.29 is 9.53 Å². The third kappa shape index (κ3) is 2.23. The molecule has 0 aromatic heterocycles. The number of hydrogen-bond donors (Lipinski definition) is 0. The first kappa shape index (κ1) is 10.1. The number of nitriles is 1. The van der Waals surface area contributed by atoms with Crippen molar-refractivity contribution in [1.29, 1.82) is 5.26 Å².